The zero-order chi connectivity index (χ0) is 11.9. The average Bonchev–Trinajstić information content (AvgIpc) is 2.66. The zero-order valence-electron chi connectivity index (χ0n) is 10.2. The van der Waals surface area contributed by atoms with Gasteiger partial charge in [0.05, 0.1) is 32.0 Å². The van der Waals surface area contributed by atoms with E-state index in [0.29, 0.717) is 26.4 Å². The van der Waals surface area contributed by atoms with Gasteiger partial charge in [0, 0.05) is 6.54 Å². The van der Waals surface area contributed by atoms with E-state index in [0.717, 1.165) is 19.4 Å². The molecule has 2 heterocycles. The molecule has 0 saturated carbocycles. The third-order valence-corrected chi connectivity index (χ3v) is 3.27. The van der Waals surface area contributed by atoms with Crippen molar-refractivity contribution in [3.8, 4) is 0 Å². The van der Waals surface area contributed by atoms with Gasteiger partial charge in [0.1, 0.15) is 0 Å². The predicted molar refractivity (Wildman–Crippen MR) is 63.8 cm³/mol. The van der Waals surface area contributed by atoms with Crippen LogP contribution in [-0.4, -0.2) is 51.0 Å². The topological polar surface area (TPSA) is 59.6 Å². The normalized spacial score (nSPS) is 30.6. The van der Waals surface area contributed by atoms with Crippen molar-refractivity contribution in [2.24, 2.45) is 0 Å². The standard InChI is InChI=1S/C12H22N2O3/c15-12(11-4-2-1-3-5-13-11)14-8-10-9-16-6-7-17-10/h10-11,13H,1-9H2,(H,14,15). The zero-order valence-corrected chi connectivity index (χ0v) is 10.2. The Morgan fingerprint density at radius 1 is 1.29 bits per heavy atom. The molecule has 2 N–H and O–H groups in total. The van der Waals surface area contributed by atoms with E-state index in [4.69, 9.17) is 9.47 Å². The van der Waals surface area contributed by atoms with Crippen molar-refractivity contribution in [2.45, 2.75) is 37.8 Å². The number of ether oxygens (including phenoxy) is 2. The molecule has 0 radical (unpaired) electrons. The Bertz CT molecular complexity index is 234. The molecule has 5 heteroatoms. The summed E-state index contributed by atoms with van der Waals surface area (Å²) in [6, 6.07) is -0.0259. The van der Waals surface area contributed by atoms with Gasteiger partial charge < -0.3 is 20.1 Å². The third kappa shape index (κ3) is 4.26. The fraction of sp³-hybridized carbons (Fsp3) is 0.917. The van der Waals surface area contributed by atoms with Crippen molar-refractivity contribution in [3.05, 3.63) is 0 Å². The maximum atomic E-state index is 11.9. The molecule has 0 aromatic heterocycles. The summed E-state index contributed by atoms with van der Waals surface area (Å²) in [5, 5.41) is 6.23. The summed E-state index contributed by atoms with van der Waals surface area (Å²) in [5.41, 5.74) is 0. The SMILES string of the molecule is O=C(NCC1COCCO1)C1CCCCCN1. The Balaban J connectivity index is 1.68. The molecule has 98 valence electrons. The van der Waals surface area contributed by atoms with Crippen LogP contribution < -0.4 is 10.6 Å². The van der Waals surface area contributed by atoms with E-state index in [2.05, 4.69) is 10.6 Å². The highest BCUT2D eigenvalue weighted by atomic mass is 16.6. The molecule has 0 aliphatic carbocycles. The van der Waals surface area contributed by atoms with Crippen molar-refractivity contribution < 1.29 is 14.3 Å². The molecule has 0 spiro atoms. The lowest BCUT2D eigenvalue weighted by molar-refractivity contribution is -0.126. The van der Waals surface area contributed by atoms with E-state index in [9.17, 15) is 4.79 Å². The molecule has 0 aromatic carbocycles. The number of hydrogen-bond acceptors (Lipinski definition) is 4. The molecule has 2 rings (SSSR count). The second-order valence-electron chi connectivity index (χ2n) is 4.67. The van der Waals surface area contributed by atoms with E-state index in [-0.39, 0.29) is 18.1 Å². The quantitative estimate of drug-likeness (QED) is 0.734. The Hall–Kier alpha value is -0.650. The molecule has 2 atom stereocenters. The predicted octanol–water partition coefficient (Wildman–Crippen LogP) is 0.0502. The first kappa shape index (κ1) is 12.8. The molecule has 2 aliphatic heterocycles. The minimum atomic E-state index is -0.0259. The van der Waals surface area contributed by atoms with Crippen molar-refractivity contribution in [1.82, 2.24) is 10.6 Å². The molecular formula is C12H22N2O3. The molecule has 2 fully saturated rings. The molecule has 2 saturated heterocycles. The number of hydrogen-bond donors (Lipinski definition) is 2. The third-order valence-electron chi connectivity index (χ3n) is 3.27. The van der Waals surface area contributed by atoms with Crippen molar-refractivity contribution in [1.29, 1.82) is 0 Å². The highest BCUT2D eigenvalue weighted by Crippen LogP contribution is 2.08. The van der Waals surface area contributed by atoms with Crippen LogP contribution in [0.25, 0.3) is 0 Å². The molecule has 17 heavy (non-hydrogen) atoms. The van der Waals surface area contributed by atoms with Gasteiger partial charge >= 0.3 is 0 Å². The van der Waals surface area contributed by atoms with E-state index in [1.807, 2.05) is 0 Å². The number of rotatable bonds is 3. The first-order valence-electron chi connectivity index (χ1n) is 6.57. The van der Waals surface area contributed by atoms with Crippen molar-refractivity contribution in [3.63, 3.8) is 0 Å². The van der Waals surface area contributed by atoms with Crippen LogP contribution in [0.4, 0.5) is 0 Å². The summed E-state index contributed by atoms with van der Waals surface area (Å²) >= 11 is 0. The van der Waals surface area contributed by atoms with Crippen molar-refractivity contribution >= 4 is 5.91 Å². The monoisotopic (exact) mass is 242 g/mol. The van der Waals surface area contributed by atoms with Crippen LogP contribution in [0.2, 0.25) is 0 Å². The Kier molecular flexibility index (Phi) is 5.22. The minimum absolute atomic E-state index is 0.0125. The Labute approximate surface area is 102 Å². The maximum absolute atomic E-state index is 11.9. The van der Waals surface area contributed by atoms with Gasteiger partial charge in [-0.1, -0.05) is 12.8 Å². The summed E-state index contributed by atoms with van der Waals surface area (Å²) in [6.07, 6.45) is 4.47. The van der Waals surface area contributed by atoms with Gasteiger partial charge in [0.2, 0.25) is 5.91 Å². The van der Waals surface area contributed by atoms with Crippen LogP contribution in [0.5, 0.6) is 0 Å². The smallest absolute Gasteiger partial charge is 0.237 e. The molecule has 2 unspecified atom stereocenters. The average molecular weight is 242 g/mol. The second-order valence-corrected chi connectivity index (χ2v) is 4.67. The lowest BCUT2D eigenvalue weighted by Crippen LogP contribution is -2.47. The summed E-state index contributed by atoms with van der Waals surface area (Å²) in [6.45, 7) is 3.37. The van der Waals surface area contributed by atoms with Crippen LogP contribution in [0.3, 0.4) is 0 Å². The molecule has 1 amide bonds. The van der Waals surface area contributed by atoms with Crippen LogP contribution in [0.1, 0.15) is 25.7 Å². The number of nitrogens with one attached hydrogen (secondary N) is 2. The van der Waals surface area contributed by atoms with Gasteiger partial charge in [0.25, 0.3) is 0 Å². The van der Waals surface area contributed by atoms with Gasteiger partial charge in [-0.25, -0.2) is 0 Å². The van der Waals surface area contributed by atoms with Gasteiger partial charge in [-0.05, 0) is 19.4 Å². The van der Waals surface area contributed by atoms with Crippen LogP contribution in [0.15, 0.2) is 0 Å². The van der Waals surface area contributed by atoms with E-state index >= 15 is 0 Å². The Morgan fingerprint density at radius 3 is 3.06 bits per heavy atom. The lowest BCUT2D eigenvalue weighted by Gasteiger charge is -2.24. The number of carbonyl (C=O) groups excluding carboxylic acids is 1. The molecule has 0 aromatic rings. The first-order chi connectivity index (χ1) is 8.36. The molecule has 0 bridgehead atoms. The molecule has 2 aliphatic rings. The van der Waals surface area contributed by atoms with Gasteiger partial charge in [-0.15, -0.1) is 0 Å². The fourth-order valence-electron chi connectivity index (χ4n) is 2.24. The summed E-state index contributed by atoms with van der Waals surface area (Å²) in [7, 11) is 0. The lowest BCUT2D eigenvalue weighted by atomic mass is 10.1. The summed E-state index contributed by atoms with van der Waals surface area (Å²) < 4.78 is 10.8. The maximum Gasteiger partial charge on any atom is 0.237 e. The molecule has 5 nitrogen and oxygen atoms in total. The van der Waals surface area contributed by atoms with Gasteiger partial charge in [0.15, 0.2) is 0 Å². The van der Waals surface area contributed by atoms with E-state index < -0.39 is 0 Å². The largest absolute Gasteiger partial charge is 0.376 e. The first-order valence-corrected chi connectivity index (χ1v) is 6.57. The van der Waals surface area contributed by atoms with Gasteiger partial charge in [-0.3, -0.25) is 4.79 Å². The number of amides is 1. The highest BCUT2D eigenvalue weighted by Gasteiger charge is 2.21. The van der Waals surface area contributed by atoms with Crippen LogP contribution in [-0.2, 0) is 14.3 Å². The van der Waals surface area contributed by atoms with Crippen LogP contribution >= 0.6 is 0 Å². The number of carbonyl (C=O) groups is 1. The van der Waals surface area contributed by atoms with Gasteiger partial charge in [-0.2, -0.15) is 0 Å². The highest BCUT2D eigenvalue weighted by molar-refractivity contribution is 5.81. The second kappa shape index (κ2) is 6.93. The van der Waals surface area contributed by atoms with E-state index in [1.165, 1.54) is 12.8 Å². The summed E-state index contributed by atoms with van der Waals surface area (Å²) in [4.78, 5) is 11.9. The van der Waals surface area contributed by atoms with E-state index in [1.54, 1.807) is 0 Å². The summed E-state index contributed by atoms with van der Waals surface area (Å²) in [5.74, 6) is 0.0982. The van der Waals surface area contributed by atoms with Crippen LogP contribution in [0, 0.1) is 0 Å². The minimum Gasteiger partial charge on any atom is -0.376 e. The van der Waals surface area contributed by atoms with Crippen molar-refractivity contribution in [2.75, 3.05) is 32.9 Å². The fourth-order valence-corrected chi connectivity index (χ4v) is 2.24. The molecular weight excluding hydrogens is 220 g/mol. The Morgan fingerprint density at radius 2 is 2.24 bits per heavy atom.